The summed E-state index contributed by atoms with van der Waals surface area (Å²) in [6, 6.07) is -1.03. The summed E-state index contributed by atoms with van der Waals surface area (Å²) in [6.07, 6.45) is 5.80. The zero-order chi connectivity index (χ0) is 23.7. The van der Waals surface area contributed by atoms with Gasteiger partial charge in [-0.3, -0.25) is 14.5 Å². The van der Waals surface area contributed by atoms with Crippen molar-refractivity contribution in [3.8, 4) is 0 Å². The van der Waals surface area contributed by atoms with Crippen molar-refractivity contribution < 1.29 is 54.3 Å². The average molecular weight is 510 g/mol. The maximum absolute atomic E-state index is 12.7. The third kappa shape index (κ3) is 4.78. The van der Waals surface area contributed by atoms with Crippen LogP contribution in [0.4, 0.5) is 10.9 Å². The van der Waals surface area contributed by atoms with Gasteiger partial charge < -0.3 is 31.9 Å². The standard InChI is InChI=1S/C18H16N8O5S2.Na/c19-13-7(3-21-6-22-13)1-2-8-4-32-16-11(15(28)26(16)12(8)17(29)30)24-14(27)10(25-31)9-5-33-18(20)23-9;/h1-3,5-6,11,16,31H,4H2,(H2,20,23)(H,24,27)(H,29,30)(H2,19,21,22);/q;+1/p-1/b2-1+,25-10-;/t11-,16-;/m1./s1. The van der Waals surface area contributed by atoms with Crippen molar-refractivity contribution in [1.29, 1.82) is 0 Å². The molecule has 0 aromatic carbocycles. The number of anilines is 2. The number of hydrogen-bond donors (Lipinski definition) is 4. The molecule has 1 saturated heterocycles. The Hall–Kier alpha value is -2.98. The minimum atomic E-state index is -1.54. The van der Waals surface area contributed by atoms with Crippen LogP contribution in [0.1, 0.15) is 11.3 Å². The number of amides is 2. The predicted octanol–water partition coefficient (Wildman–Crippen LogP) is -4.60. The Labute approximate surface area is 222 Å². The van der Waals surface area contributed by atoms with Crippen LogP contribution in [0, 0.1) is 0 Å². The van der Waals surface area contributed by atoms with E-state index in [0.29, 0.717) is 11.1 Å². The average Bonchev–Trinajstić information content (AvgIpc) is 3.22. The van der Waals surface area contributed by atoms with E-state index in [1.807, 2.05) is 0 Å². The van der Waals surface area contributed by atoms with Gasteiger partial charge >= 0.3 is 29.6 Å². The van der Waals surface area contributed by atoms with Gasteiger partial charge in [0.1, 0.15) is 29.3 Å². The summed E-state index contributed by atoms with van der Waals surface area (Å²) in [5, 5.41) is 27.4. The Morgan fingerprint density at radius 2 is 2.12 bits per heavy atom. The van der Waals surface area contributed by atoms with Crippen molar-refractivity contribution in [2.45, 2.75) is 11.4 Å². The number of nitrogens with zero attached hydrogens (tertiary/aromatic N) is 5. The predicted molar refractivity (Wildman–Crippen MR) is 117 cm³/mol. The SMILES string of the molecule is Nc1nc(/C(=N/O)C(=O)N[C@@H]2C(=O)N3C(C(=O)[O-])=C(/C=C/c4cncnc4N)CS[C@H]23)cs1.[Na+]. The minimum Gasteiger partial charge on any atom is -0.543 e. The molecule has 4 heterocycles. The number of nitrogens with two attached hydrogens (primary N) is 2. The molecule has 2 aliphatic heterocycles. The Kier molecular flexibility index (Phi) is 7.93. The van der Waals surface area contributed by atoms with Gasteiger partial charge in [0.05, 0.1) is 11.7 Å². The summed E-state index contributed by atoms with van der Waals surface area (Å²) in [7, 11) is 0. The number of carbonyl (C=O) groups excluding carboxylic acids is 3. The Bertz CT molecular complexity index is 1250. The van der Waals surface area contributed by atoms with Gasteiger partial charge in [-0.05, 0) is 11.6 Å². The number of nitrogens with one attached hydrogen (secondary N) is 1. The number of oxime groups is 1. The largest absolute Gasteiger partial charge is 1.00 e. The molecule has 2 aromatic heterocycles. The molecular weight excluding hydrogens is 495 g/mol. The second-order valence-corrected chi connectivity index (χ2v) is 8.73. The van der Waals surface area contributed by atoms with Gasteiger partial charge in [-0.25, -0.2) is 15.0 Å². The first-order valence-electron chi connectivity index (χ1n) is 9.18. The van der Waals surface area contributed by atoms with Crippen molar-refractivity contribution in [1.82, 2.24) is 25.2 Å². The van der Waals surface area contributed by atoms with E-state index in [4.69, 9.17) is 11.5 Å². The Balaban J connectivity index is 0.00000324. The molecule has 0 saturated carbocycles. The summed E-state index contributed by atoms with van der Waals surface area (Å²) < 4.78 is 0. The molecule has 6 N–H and O–H groups in total. The monoisotopic (exact) mass is 510 g/mol. The zero-order valence-corrected chi connectivity index (χ0v) is 21.2. The zero-order valence-electron chi connectivity index (χ0n) is 17.5. The fraction of sp³-hybridized carbons (Fsp3) is 0.167. The first-order valence-corrected chi connectivity index (χ1v) is 11.1. The van der Waals surface area contributed by atoms with Crippen LogP contribution in [0.2, 0.25) is 0 Å². The number of hydrogen-bond acceptors (Lipinski definition) is 13. The van der Waals surface area contributed by atoms with Crippen molar-refractivity contribution >= 4 is 63.6 Å². The minimum absolute atomic E-state index is 0. The van der Waals surface area contributed by atoms with E-state index in [9.17, 15) is 24.7 Å². The van der Waals surface area contributed by atoms with Crippen LogP contribution >= 0.6 is 23.1 Å². The molecule has 0 unspecified atom stereocenters. The molecule has 170 valence electrons. The van der Waals surface area contributed by atoms with Crippen molar-refractivity contribution in [2.75, 3.05) is 17.2 Å². The van der Waals surface area contributed by atoms with Gasteiger partial charge in [-0.2, -0.15) is 0 Å². The number of thioether (sulfide) groups is 1. The molecule has 0 aliphatic carbocycles. The van der Waals surface area contributed by atoms with Gasteiger partial charge in [-0.15, -0.1) is 23.1 Å². The van der Waals surface area contributed by atoms with E-state index in [1.165, 1.54) is 35.7 Å². The molecule has 2 aromatic rings. The van der Waals surface area contributed by atoms with E-state index in [2.05, 4.69) is 25.4 Å². The quantitative estimate of drug-likeness (QED) is 0.0954. The number of aromatic nitrogens is 3. The van der Waals surface area contributed by atoms with Crippen LogP contribution in [0.25, 0.3) is 6.08 Å². The smallest absolute Gasteiger partial charge is 0.543 e. The molecule has 0 bridgehead atoms. The molecule has 13 nitrogen and oxygen atoms in total. The third-order valence-electron chi connectivity index (χ3n) is 4.79. The first kappa shape index (κ1) is 25.6. The van der Waals surface area contributed by atoms with Crippen LogP contribution in [-0.4, -0.2) is 65.7 Å². The third-order valence-corrected chi connectivity index (χ3v) is 6.77. The second-order valence-electron chi connectivity index (χ2n) is 6.74. The van der Waals surface area contributed by atoms with E-state index in [1.54, 1.807) is 6.08 Å². The normalized spacial score (nSPS) is 19.9. The molecule has 2 atom stereocenters. The molecule has 0 radical (unpaired) electrons. The van der Waals surface area contributed by atoms with Crippen molar-refractivity contribution in [3.05, 3.63) is 46.5 Å². The Morgan fingerprint density at radius 3 is 2.74 bits per heavy atom. The molecular formula is C18H15N8NaO5S2. The van der Waals surface area contributed by atoms with Crippen molar-refractivity contribution in [2.24, 2.45) is 5.16 Å². The topological polar surface area (TPSA) is 213 Å². The summed E-state index contributed by atoms with van der Waals surface area (Å²) in [6.45, 7) is 0. The molecule has 4 rings (SSSR count). The van der Waals surface area contributed by atoms with Gasteiger partial charge in [0, 0.05) is 22.9 Å². The van der Waals surface area contributed by atoms with Crippen LogP contribution in [0.5, 0.6) is 0 Å². The molecule has 34 heavy (non-hydrogen) atoms. The fourth-order valence-corrected chi connectivity index (χ4v) is 5.11. The van der Waals surface area contributed by atoms with Crippen molar-refractivity contribution in [3.63, 3.8) is 0 Å². The summed E-state index contributed by atoms with van der Waals surface area (Å²) >= 11 is 2.29. The van der Waals surface area contributed by atoms with Gasteiger partial charge in [0.15, 0.2) is 10.8 Å². The number of nitrogen functional groups attached to an aromatic ring is 2. The van der Waals surface area contributed by atoms with Gasteiger partial charge in [0.2, 0.25) is 0 Å². The van der Waals surface area contributed by atoms with E-state index in [-0.39, 0.29) is 57.7 Å². The van der Waals surface area contributed by atoms with Gasteiger partial charge in [0.25, 0.3) is 11.8 Å². The summed E-state index contributed by atoms with van der Waals surface area (Å²) in [5.41, 5.74) is 11.4. The number of carboxylic acids is 1. The Morgan fingerprint density at radius 1 is 1.35 bits per heavy atom. The van der Waals surface area contributed by atoms with Crippen LogP contribution in [0.3, 0.4) is 0 Å². The maximum Gasteiger partial charge on any atom is 1.00 e. The summed E-state index contributed by atoms with van der Waals surface area (Å²) in [4.78, 5) is 49.8. The van der Waals surface area contributed by atoms with Crippen LogP contribution in [-0.2, 0) is 14.4 Å². The number of allylic oxidation sites excluding steroid dienone is 1. The second kappa shape index (κ2) is 10.5. The number of fused-ring (bicyclic) bond motifs is 1. The molecule has 2 aliphatic rings. The summed E-state index contributed by atoms with van der Waals surface area (Å²) in [5.74, 6) is -2.61. The molecule has 1 fully saturated rings. The number of carbonyl (C=O) groups is 3. The van der Waals surface area contributed by atoms with Crippen LogP contribution < -0.4 is 51.4 Å². The molecule has 0 spiro atoms. The number of aliphatic carboxylic acids is 1. The fourth-order valence-electron chi connectivity index (χ4n) is 3.25. The molecule has 2 amide bonds. The van der Waals surface area contributed by atoms with E-state index in [0.717, 1.165) is 16.2 Å². The van der Waals surface area contributed by atoms with E-state index >= 15 is 0 Å². The number of β-lactam (4-membered cyclic amide) rings is 1. The first-order chi connectivity index (χ1) is 15.8. The number of thiazole rings is 1. The number of carboxylic acid groups (broad SMARTS) is 1. The van der Waals surface area contributed by atoms with Crippen LogP contribution in [0.15, 0.2) is 40.4 Å². The van der Waals surface area contributed by atoms with Gasteiger partial charge in [-0.1, -0.05) is 11.2 Å². The van der Waals surface area contributed by atoms with E-state index < -0.39 is 34.9 Å². The maximum atomic E-state index is 12.7. The molecule has 16 heteroatoms. The number of rotatable bonds is 6.